The first-order valence-electron chi connectivity index (χ1n) is 8.28. The van der Waals surface area contributed by atoms with Gasteiger partial charge < -0.3 is 4.57 Å². The molecular formula is C20H22N4O. The fourth-order valence-electron chi connectivity index (χ4n) is 2.75. The minimum absolute atomic E-state index is 0.172. The molecule has 0 fully saturated rings. The average Bonchev–Trinajstić information content (AvgIpc) is 2.91. The maximum atomic E-state index is 12.3. The maximum absolute atomic E-state index is 12.3. The number of hydrogen-bond donors (Lipinski definition) is 1. The molecule has 3 aromatic rings. The Balaban J connectivity index is 1.73. The molecule has 1 aromatic heterocycles. The van der Waals surface area contributed by atoms with E-state index in [0.717, 1.165) is 28.1 Å². The third-order valence-electron chi connectivity index (χ3n) is 4.42. The number of hydrogen-bond acceptors (Lipinski definition) is 3. The van der Waals surface area contributed by atoms with Crippen LogP contribution in [-0.2, 0) is 11.3 Å². The predicted octanol–water partition coefficient (Wildman–Crippen LogP) is 3.50. The highest BCUT2D eigenvalue weighted by Crippen LogP contribution is 2.15. The molecule has 3 rings (SSSR count). The zero-order valence-electron chi connectivity index (χ0n) is 15.0. The van der Waals surface area contributed by atoms with E-state index in [4.69, 9.17) is 0 Å². The van der Waals surface area contributed by atoms with Crippen molar-refractivity contribution in [1.29, 1.82) is 0 Å². The molecule has 5 nitrogen and oxygen atoms in total. The molecule has 0 aliphatic carbocycles. The molecule has 128 valence electrons. The van der Waals surface area contributed by atoms with Crippen LogP contribution >= 0.6 is 0 Å². The number of aryl methyl sites for hydroxylation is 3. The summed E-state index contributed by atoms with van der Waals surface area (Å²) in [7, 11) is 0. The van der Waals surface area contributed by atoms with Crippen molar-refractivity contribution >= 4 is 22.7 Å². The second-order valence-corrected chi connectivity index (χ2v) is 6.27. The van der Waals surface area contributed by atoms with Crippen molar-refractivity contribution < 1.29 is 4.79 Å². The Hall–Kier alpha value is -2.95. The first kappa shape index (κ1) is 16.9. The lowest BCUT2D eigenvalue weighted by molar-refractivity contribution is -0.121. The standard InChI is InChI=1S/C20H22N4O/c1-13-9-10-17(11-14(13)2)15(3)22-23-20(25)12-24-16(4)21-18-7-5-6-8-19(18)24/h5-11H,12H2,1-4H3,(H,23,25)/b22-15+. The summed E-state index contributed by atoms with van der Waals surface area (Å²) in [6, 6.07) is 13.9. The van der Waals surface area contributed by atoms with Crippen LogP contribution < -0.4 is 5.43 Å². The van der Waals surface area contributed by atoms with Crippen LogP contribution in [0.25, 0.3) is 11.0 Å². The van der Waals surface area contributed by atoms with E-state index in [1.54, 1.807) is 0 Å². The summed E-state index contributed by atoms with van der Waals surface area (Å²) < 4.78 is 1.89. The van der Waals surface area contributed by atoms with E-state index in [0.29, 0.717) is 0 Å². The van der Waals surface area contributed by atoms with Gasteiger partial charge in [0.2, 0.25) is 0 Å². The Morgan fingerprint density at radius 1 is 1.12 bits per heavy atom. The number of aromatic nitrogens is 2. The highest BCUT2D eigenvalue weighted by atomic mass is 16.2. The quantitative estimate of drug-likeness (QED) is 0.586. The molecule has 0 saturated carbocycles. The molecular weight excluding hydrogens is 312 g/mol. The number of hydrazone groups is 1. The summed E-state index contributed by atoms with van der Waals surface area (Å²) in [6.45, 7) is 8.12. The van der Waals surface area contributed by atoms with Crippen LogP contribution in [0.1, 0.15) is 29.4 Å². The molecule has 0 aliphatic heterocycles. The third-order valence-corrected chi connectivity index (χ3v) is 4.42. The van der Waals surface area contributed by atoms with Gasteiger partial charge in [-0.3, -0.25) is 4.79 Å². The summed E-state index contributed by atoms with van der Waals surface area (Å²) >= 11 is 0. The Bertz CT molecular complexity index is 969. The van der Waals surface area contributed by atoms with Gasteiger partial charge in [0, 0.05) is 0 Å². The first-order valence-corrected chi connectivity index (χ1v) is 8.28. The molecule has 2 aromatic carbocycles. The highest BCUT2D eigenvalue weighted by molar-refractivity contribution is 5.99. The normalized spacial score (nSPS) is 11.8. The molecule has 0 aliphatic rings. The van der Waals surface area contributed by atoms with Crippen molar-refractivity contribution in [2.75, 3.05) is 0 Å². The highest BCUT2D eigenvalue weighted by Gasteiger charge is 2.10. The zero-order valence-corrected chi connectivity index (χ0v) is 15.0. The number of carbonyl (C=O) groups excluding carboxylic acids is 1. The molecule has 1 heterocycles. The molecule has 25 heavy (non-hydrogen) atoms. The lowest BCUT2D eigenvalue weighted by Crippen LogP contribution is -2.24. The Morgan fingerprint density at radius 2 is 1.88 bits per heavy atom. The van der Waals surface area contributed by atoms with Crippen molar-refractivity contribution in [3.05, 3.63) is 65.0 Å². The van der Waals surface area contributed by atoms with Gasteiger partial charge in [-0.25, -0.2) is 10.4 Å². The Kier molecular flexibility index (Phi) is 4.65. The van der Waals surface area contributed by atoms with E-state index in [1.807, 2.05) is 48.7 Å². The summed E-state index contributed by atoms with van der Waals surface area (Å²) in [5.74, 6) is 0.639. The van der Waals surface area contributed by atoms with Gasteiger partial charge in [-0.05, 0) is 62.6 Å². The van der Waals surface area contributed by atoms with Gasteiger partial charge in [0.15, 0.2) is 0 Å². The lowest BCUT2D eigenvalue weighted by atomic mass is 10.0. The molecule has 0 spiro atoms. The van der Waals surface area contributed by atoms with Gasteiger partial charge in [0.05, 0.1) is 16.7 Å². The monoisotopic (exact) mass is 334 g/mol. The van der Waals surface area contributed by atoms with Crippen molar-refractivity contribution in [2.45, 2.75) is 34.2 Å². The topological polar surface area (TPSA) is 59.3 Å². The van der Waals surface area contributed by atoms with Crippen LogP contribution in [0.15, 0.2) is 47.6 Å². The number of carbonyl (C=O) groups is 1. The minimum Gasteiger partial charge on any atom is -0.319 e. The Morgan fingerprint density at radius 3 is 2.64 bits per heavy atom. The largest absolute Gasteiger partial charge is 0.319 e. The van der Waals surface area contributed by atoms with Crippen LogP contribution in [-0.4, -0.2) is 21.2 Å². The summed E-state index contributed by atoms with van der Waals surface area (Å²) in [6.07, 6.45) is 0. The number of imidazole rings is 1. The second kappa shape index (κ2) is 6.89. The van der Waals surface area contributed by atoms with Gasteiger partial charge in [-0.2, -0.15) is 5.10 Å². The maximum Gasteiger partial charge on any atom is 0.260 e. The van der Waals surface area contributed by atoms with E-state index < -0.39 is 0 Å². The van der Waals surface area contributed by atoms with Crippen LogP contribution in [0, 0.1) is 20.8 Å². The smallest absolute Gasteiger partial charge is 0.260 e. The second-order valence-electron chi connectivity index (χ2n) is 6.27. The molecule has 0 saturated heterocycles. The first-order chi connectivity index (χ1) is 12.0. The van der Waals surface area contributed by atoms with E-state index in [-0.39, 0.29) is 12.5 Å². The summed E-state index contributed by atoms with van der Waals surface area (Å²) in [4.78, 5) is 16.8. The van der Waals surface area contributed by atoms with Crippen molar-refractivity contribution in [1.82, 2.24) is 15.0 Å². The number of fused-ring (bicyclic) bond motifs is 1. The molecule has 0 bridgehead atoms. The molecule has 0 radical (unpaired) electrons. The number of nitrogens with one attached hydrogen (secondary N) is 1. The van der Waals surface area contributed by atoms with Crippen LogP contribution in [0.3, 0.4) is 0 Å². The van der Waals surface area contributed by atoms with Crippen molar-refractivity contribution in [3.8, 4) is 0 Å². The number of para-hydroxylation sites is 2. The zero-order chi connectivity index (χ0) is 18.0. The van der Waals surface area contributed by atoms with E-state index in [9.17, 15) is 4.79 Å². The molecule has 5 heteroatoms. The molecule has 1 amide bonds. The van der Waals surface area contributed by atoms with Gasteiger partial charge >= 0.3 is 0 Å². The average molecular weight is 334 g/mol. The Labute approximate surface area is 147 Å². The molecule has 0 atom stereocenters. The SMILES string of the molecule is C/C(=N\NC(=O)Cn1c(C)nc2ccccc21)c1ccc(C)c(C)c1. The number of rotatable bonds is 4. The molecule has 1 N–H and O–H groups in total. The van der Waals surface area contributed by atoms with Gasteiger partial charge in [0.1, 0.15) is 12.4 Å². The summed E-state index contributed by atoms with van der Waals surface area (Å²) in [5, 5.41) is 4.24. The van der Waals surface area contributed by atoms with Crippen molar-refractivity contribution in [3.63, 3.8) is 0 Å². The van der Waals surface area contributed by atoms with Crippen LogP contribution in [0.2, 0.25) is 0 Å². The fraction of sp³-hybridized carbons (Fsp3) is 0.250. The van der Waals surface area contributed by atoms with E-state index >= 15 is 0 Å². The van der Waals surface area contributed by atoms with Crippen LogP contribution in [0.5, 0.6) is 0 Å². The minimum atomic E-state index is -0.172. The summed E-state index contributed by atoms with van der Waals surface area (Å²) in [5.41, 5.74) is 8.72. The molecule has 0 unspecified atom stereocenters. The number of amides is 1. The van der Waals surface area contributed by atoms with Gasteiger partial charge in [-0.15, -0.1) is 0 Å². The van der Waals surface area contributed by atoms with E-state index in [2.05, 4.69) is 41.5 Å². The van der Waals surface area contributed by atoms with Gasteiger partial charge in [-0.1, -0.05) is 24.3 Å². The predicted molar refractivity (Wildman–Crippen MR) is 101 cm³/mol. The number of nitrogens with zero attached hydrogens (tertiary/aromatic N) is 3. The van der Waals surface area contributed by atoms with Crippen LogP contribution in [0.4, 0.5) is 0 Å². The van der Waals surface area contributed by atoms with Gasteiger partial charge in [0.25, 0.3) is 5.91 Å². The van der Waals surface area contributed by atoms with E-state index in [1.165, 1.54) is 11.1 Å². The number of benzene rings is 2. The third kappa shape index (κ3) is 3.60. The fourth-order valence-corrected chi connectivity index (χ4v) is 2.75. The van der Waals surface area contributed by atoms with Crippen molar-refractivity contribution in [2.24, 2.45) is 5.10 Å². The lowest BCUT2D eigenvalue weighted by Gasteiger charge is -2.07.